The summed E-state index contributed by atoms with van der Waals surface area (Å²) in [6, 6.07) is 7.35. The maximum absolute atomic E-state index is 12.5. The summed E-state index contributed by atoms with van der Waals surface area (Å²) in [6.45, 7) is 0.671. The van der Waals surface area contributed by atoms with Gasteiger partial charge in [-0.3, -0.25) is 9.78 Å². The monoisotopic (exact) mass is 400 g/mol. The number of ether oxygens (including phenoxy) is 1. The van der Waals surface area contributed by atoms with Gasteiger partial charge in [0.1, 0.15) is 5.75 Å². The maximum Gasteiger partial charge on any atom is 0.573 e. The summed E-state index contributed by atoms with van der Waals surface area (Å²) in [6.07, 6.45) is -2.50. The van der Waals surface area contributed by atoms with Crippen LogP contribution in [0, 0.1) is 0 Å². The van der Waals surface area contributed by atoms with Crippen LogP contribution in [-0.2, 0) is 13.0 Å². The zero-order valence-electron chi connectivity index (χ0n) is 12.3. The molecule has 8 heteroatoms. The largest absolute Gasteiger partial charge is 0.573 e. The molecule has 1 aromatic heterocycles. The standard InChI is InChI=1S/C16H12BrF3N2O2/c17-11-7-13-14(21-8-11)4-5-22(15(13)23)9-10-2-1-3-12(6-10)24-16(18,19)20/h1-3,6-8H,4-5,9H2. The Morgan fingerprint density at radius 2 is 2.08 bits per heavy atom. The summed E-state index contributed by atoms with van der Waals surface area (Å²) in [5.41, 5.74) is 1.81. The molecule has 1 amide bonds. The van der Waals surface area contributed by atoms with Gasteiger partial charge in [-0.15, -0.1) is 13.2 Å². The molecule has 0 unspecified atom stereocenters. The van der Waals surface area contributed by atoms with Crippen molar-refractivity contribution in [2.45, 2.75) is 19.3 Å². The minimum Gasteiger partial charge on any atom is -0.406 e. The number of hydrogen-bond acceptors (Lipinski definition) is 3. The molecular weight excluding hydrogens is 389 g/mol. The van der Waals surface area contributed by atoms with E-state index in [9.17, 15) is 18.0 Å². The van der Waals surface area contributed by atoms with E-state index in [0.29, 0.717) is 28.6 Å². The molecule has 0 N–H and O–H groups in total. The Bertz CT molecular complexity index is 780. The fraction of sp³-hybridized carbons (Fsp3) is 0.250. The van der Waals surface area contributed by atoms with E-state index in [1.807, 2.05) is 0 Å². The van der Waals surface area contributed by atoms with E-state index in [0.717, 1.165) is 5.69 Å². The van der Waals surface area contributed by atoms with Gasteiger partial charge in [0.15, 0.2) is 0 Å². The highest BCUT2D eigenvalue weighted by Gasteiger charge is 2.31. The third-order valence-electron chi connectivity index (χ3n) is 3.58. The van der Waals surface area contributed by atoms with Crippen LogP contribution >= 0.6 is 15.9 Å². The Kier molecular flexibility index (Phi) is 4.49. The van der Waals surface area contributed by atoms with Gasteiger partial charge < -0.3 is 9.64 Å². The summed E-state index contributed by atoms with van der Waals surface area (Å²) in [7, 11) is 0. The van der Waals surface area contributed by atoms with Crippen molar-refractivity contribution in [2.75, 3.05) is 6.54 Å². The summed E-state index contributed by atoms with van der Waals surface area (Å²) in [4.78, 5) is 18.4. The number of carbonyl (C=O) groups is 1. The summed E-state index contributed by atoms with van der Waals surface area (Å²) in [5, 5.41) is 0. The lowest BCUT2D eigenvalue weighted by Crippen LogP contribution is -2.37. The smallest absolute Gasteiger partial charge is 0.406 e. The Morgan fingerprint density at radius 3 is 2.83 bits per heavy atom. The molecule has 0 bridgehead atoms. The molecule has 0 spiro atoms. The number of rotatable bonds is 3. The van der Waals surface area contributed by atoms with Crippen LogP contribution < -0.4 is 4.74 Å². The number of alkyl halides is 3. The number of aromatic nitrogens is 1. The molecule has 4 nitrogen and oxygen atoms in total. The number of carbonyl (C=O) groups excluding carboxylic acids is 1. The minimum absolute atomic E-state index is 0.188. The van der Waals surface area contributed by atoms with Crippen LogP contribution in [0.4, 0.5) is 13.2 Å². The molecule has 0 saturated heterocycles. The summed E-state index contributed by atoms with van der Waals surface area (Å²) in [5.74, 6) is -0.485. The zero-order valence-corrected chi connectivity index (χ0v) is 13.9. The van der Waals surface area contributed by atoms with Crippen LogP contribution in [0.1, 0.15) is 21.6 Å². The van der Waals surface area contributed by atoms with E-state index in [1.54, 1.807) is 23.2 Å². The van der Waals surface area contributed by atoms with Crippen molar-refractivity contribution < 1.29 is 22.7 Å². The second-order valence-corrected chi connectivity index (χ2v) is 6.24. The minimum atomic E-state index is -4.74. The highest BCUT2D eigenvalue weighted by molar-refractivity contribution is 9.10. The van der Waals surface area contributed by atoms with E-state index in [2.05, 4.69) is 25.7 Å². The van der Waals surface area contributed by atoms with Gasteiger partial charge >= 0.3 is 6.36 Å². The molecular formula is C16H12BrF3N2O2. The van der Waals surface area contributed by atoms with Crippen molar-refractivity contribution in [1.29, 1.82) is 0 Å². The van der Waals surface area contributed by atoms with E-state index < -0.39 is 6.36 Å². The van der Waals surface area contributed by atoms with E-state index in [1.165, 1.54) is 18.2 Å². The Labute approximate surface area is 144 Å². The van der Waals surface area contributed by atoms with Crippen LogP contribution in [0.5, 0.6) is 5.75 Å². The average Bonchev–Trinajstić information content (AvgIpc) is 2.49. The normalized spacial score (nSPS) is 14.5. The van der Waals surface area contributed by atoms with Crippen molar-refractivity contribution in [2.24, 2.45) is 0 Å². The summed E-state index contributed by atoms with van der Waals surface area (Å²) >= 11 is 3.29. The first-order valence-corrected chi connectivity index (χ1v) is 7.89. The van der Waals surface area contributed by atoms with Gasteiger partial charge in [0.25, 0.3) is 5.91 Å². The molecule has 2 heterocycles. The van der Waals surface area contributed by atoms with Gasteiger partial charge in [0.05, 0.1) is 11.3 Å². The van der Waals surface area contributed by atoms with Gasteiger partial charge in [0.2, 0.25) is 0 Å². The second-order valence-electron chi connectivity index (χ2n) is 5.32. The molecule has 0 fully saturated rings. The molecule has 3 rings (SSSR count). The molecule has 2 aromatic rings. The van der Waals surface area contributed by atoms with Crippen molar-refractivity contribution in [1.82, 2.24) is 9.88 Å². The topological polar surface area (TPSA) is 42.4 Å². The van der Waals surface area contributed by atoms with Crippen molar-refractivity contribution in [3.8, 4) is 5.75 Å². The predicted octanol–water partition coefficient (Wildman–Crippen LogP) is 3.94. The Hall–Kier alpha value is -2.09. The van der Waals surface area contributed by atoms with Gasteiger partial charge in [0, 0.05) is 30.2 Å². The highest BCUT2D eigenvalue weighted by atomic mass is 79.9. The van der Waals surface area contributed by atoms with E-state index in [-0.39, 0.29) is 18.2 Å². The highest BCUT2D eigenvalue weighted by Crippen LogP contribution is 2.25. The number of benzene rings is 1. The lowest BCUT2D eigenvalue weighted by molar-refractivity contribution is -0.274. The molecule has 126 valence electrons. The number of pyridine rings is 1. The molecule has 0 saturated carbocycles. The van der Waals surface area contributed by atoms with Crippen molar-refractivity contribution in [3.63, 3.8) is 0 Å². The molecule has 1 aliphatic rings. The Balaban J connectivity index is 1.77. The molecule has 24 heavy (non-hydrogen) atoms. The first kappa shape index (κ1) is 16.8. The van der Waals surface area contributed by atoms with Gasteiger partial charge in [-0.2, -0.15) is 0 Å². The number of halogens is 4. The first-order valence-electron chi connectivity index (χ1n) is 7.10. The number of fused-ring (bicyclic) bond motifs is 1. The van der Waals surface area contributed by atoms with Gasteiger partial charge in [-0.05, 0) is 39.7 Å². The van der Waals surface area contributed by atoms with Crippen LogP contribution in [-0.4, -0.2) is 28.7 Å². The van der Waals surface area contributed by atoms with E-state index >= 15 is 0 Å². The van der Waals surface area contributed by atoms with Crippen molar-refractivity contribution >= 4 is 21.8 Å². The SMILES string of the molecule is O=C1c2cc(Br)cnc2CCN1Cc1cccc(OC(F)(F)F)c1. The Morgan fingerprint density at radius 1 is 1.29 bits per heavy atom. The fourth-order valence-electron chi connectivity index (χ4n) is 2.58. The lowest BCUT2D eigenvalue weighted by Gasteiger charge is -2.28. The van der Waals surface area contributed by atoms with Crippen LogP contribution in [0.2, 0.25) is 0 Å². The maximum atomic E-state index is 12.5. The summed E-state index contributed by atoms with van der Waals surface area (Å²) < 4.78 is 41.5. The predicted molar refractivity (Wildman–Crippen MR) is 83.5 cm³/mol. The fourth-order valence-corrected chi connectivity index (χ4v) is 2.91. The third-order valence-corrected chi connectivity index (χ3v) is 4.01. The lowest BCUT2D eigenvalue weighted by atomic mass is 10.0. The van der Waals surface area contributed by atoms with Crippen LogP contribution in [0.15, 0.2) is 41.0 Å². The molecule has 1 aliphatic heterocycles. The van der Waals surface area contributed by atoms with E-state index in [4.69, 9.17) is 0 Å². The van der Waals surface area contributed by atoms with Crippen LogP contribution in [0.3, 0.4) is 0 Å². The number of amides is 1. The average molecular weight is 401 g/mol. The molecule has 0 atom stereocenters. The second kappa shape index (κ2) is 6.43. The van der Waals surface area contributed by atoms with Crippen molar-refractivity contribution in [3.05, 3.63) is 57.8 Å². The zero-order chi connectivity index (χ0) is 17.3. The van der Waals surface area contributed by atoms with Crippen LogP contribution in [0.25, 0.3) is 0 Å². The molecule has 1 aromatic carbocycles. The molecule has 0 aliphatic carbocycles. The number of hydrogen-bond donors (Lipinski definition) is 0. The van der Waals surface area contributed by atoms with Gasteiger partial charge in [-0.1, -0.05) is 12.1 Å². The van der Waals surface area contributed by atoms with Gasteiger partial charge in [-0.25, -0.2) is 0 Å². The first-order chi connectivity index (χ1) is 11.3. The quantitative estimate of drug-likeness (QED) is 0.783. The third kappa shape index (κ3) is 3.87. The number of nitrogens with zero attached hydrogens (tertiary/aromatic N) is 2. The molecule has 0 radical (unpaired) electrons.